The van der Waals surface area contributed by atoms with Crippen LogP contribution in [0.4, 0.5) is 23.1 Å². The fourth-order valence-electron chi connectivity index (χ4n) is 5.40. The van der Waals surface area contributed by atoms with Gasteiger partial charge in [-0.05, 0) is 68.5 Å². The number of fused-ring (bicyclic) bond motifs is 1. The predicted molar refractivity (Wildman–Crippen MR) is 163 cm³/mol. The zero-order valence-electron chi connectivity index (χ0n) is 24.0. The molecule has 5 rings (SSSR count). The van der Waals surface area contributed by atoms with Crippen molar-refractivity contribution in [2.24, 2.45) is 0 Å². The van der Waals surface area contributed by atoms with Gasteiger partial charge in [-0.15, -0.1) is 0 Å². The highest BCUT2D eigenvalue weighted by molar-refractivity contribution is 7.89. The molecule has 1 aromatic heterocycles. The highest BCUT2D eigenvalue weighted by atomic mass is 35.5. The van der Waals surface area contributed by atoms with Gasteiger partial charge in [0.25, 0.3) is 0 Å². The molecule has 226 valence electrons. The van der Waals surface area contributed by atoms with Gasteiger partial charge < -0.3 is 25.6 Å². The molecule has 1 fully saturated rings. The maximum atomic E-state index is 13.4. The minimum Gasteiger partial charge on any atom is -0.495 e. The molecule has 2 aliphatic heterocycles. The molecule has 0 aliphatic carbocycles. The Bertz CT molecular complexity index is 1550. The van der Waals surface area contributed by atoms with Gasteiger partial charge in [-0.2, -0.15) is 9.29 Å². The summed E-state index contributed by atoms with van der Waals surface area (Å²) in [5, 5.41) is 26.7. The van der Waals surface area contributed by atoms with Gasteiger partial charge in [-0.25, -0.2) is 13.4 Å². The van der Waals surface area contributed by atoms with Crippen LogP contribution in [0.1, 0.15) is 31.4 Å². The zero-order chi connectivity index (χ0) is 30.1. The Morgan fingerprint density at radius 3 is 2.48 bits per heavy atom. The number of β-amino-alcohol motifs (C(OH)–C–C–N with tert-alkyl or cyclic N) is 2. The van der Waals surface area contributed by atoms with Gasteiger partial charge in [0.05, 0.1) is 36.4 Å². The summed E-state index contributed by atoms with van der Waals surface area (Å²) in [4.78, 5) is 11.2. The summed E-state index contributed by atoms with van der Waals surface area (Å²) in [6.07, 6.45) is 2.82. The van der Waals surface area contributed by atoms with E-state index in [1.54, 1.807) is 25.3 Å². The van der Waals surface area contributed by atoms with E-state index in [2.05, 4.69) is 25.5 Å². The first-order valence-corrected chi connectivity index (χ1v) is 15.7. The second kappa shape index (κ2) is 12.3. The SMILES string of the molecule is COc1cc2c(cc1Nc1ncc(Cl)c(Nc3ccccc3S(=O)(=O)N3CC[C@@H](O)C3)n1)CCN(CC(C)(C)O)CC2. The van der Waals surface area contributed by atoms with E-state index in [9.17, 15) is 18.6 Å². The molecule has 0 bridgehead atoms. The van der Waals surface area contributed by atoms with Crippen LogP contribution in [-0.4, -0.2) is 89.3 Å². The molecular formula is C29H37ClN6O5S. The van der Waals surface area contributed by atoms with Crippen molar-refractivity contribution in [2.45, 2.75) is 49.7 Å². The molecule has 3 heterocycles. The lowest BCUT2D eigenvalue weighted by Gasteiger charge is -2.27. The minimum absolute atomic E-state index is 0.0546. The molecule has 0 spiro atoms. The monoisotopic (exact) mass is 616 g/mol. The van der Waals surface area contributed by atoms with E-state index in [0.29, 0.717) is 30.1 Å². The number of methoxy groups -OCH3 is 1. The summed E-state index contributed by atoms with van der Waals surface area (Å²) in [5.74, 6) is 1.12. The number of aliphatic hydroxyl groups excluding tert-OH is 1. The molecule has 0 amide bonds. The van der Waals surface area contributed by atoms with Crippen molar-refractivity contribution in [3.8, 4) is 5.75 Å². The van der Waals surface area contributed by atoms with Crippen LogP contribution in [0.3, 0.4) is 0 Å². The summed E-state index contributed by atoms with van der Waals surface area (Å²) < 4.78 is 33.7. The van der Waals surface area contributed by atoms with Crippen molar-refractivity contribution in [2.75, 3.05) is 50.5 Å². The first-order valence-electron chi connectivity index (χ1n) is 13.9. The summed E-state index contributed by atoms with van der Waals surface area (Å²) in [6, 6.07) is 10.6. The average molecular weight is 617 g/mol. The molecular weight excluding hydrogens is 580 g/mol. The largest absolute Gasteiger partial charge is 0.495 e. The number of benzene rings is 2. The molecule has 2 aliphatic rings. The van der Waals surface area contributed by atoms with Crippen molar-refractivity contribution >= 4 is 44.8 Å². The maximum Gasteiger partial charge on any atom is 0.245 e. The number of para-hydroxylation sites is 1. The lowest BCUT2D eigenvalue weighted by atomic mass is 10.0. The molecule has 3 aromatic rings. The van der Waals surface area contributed by atoms with Crippen LogP contribution in [0.15, 0.2) is 47.5 Å². The van der Waals surface area contributed by atoms with Crippen LogP contribution in [0.5, 0.6) is 5.75 Å². The van der Waals surface area contributed by atoms with Gasteiger partial charge in [-0.3, -0.25) is 4.90 Å². The van der Waals surface area contributed by atoms with Crippen LogP contribution in [0.25, 0.3) is 0 Å². The Hall–Kier alpha value is -3.00. The Labute approximate surface area is 251 Å². The number of ether oxygens (including phenoxy) is 1. The van der Waals surface area contributed by atoms with Crippen molar-refractivity contribution in [3.05, 3.63) is 58.7 Å². The third kappa shape index (κ3) is 6.96. The van der Waals surface area contributed by atoms with Gasteiger partial charge in [0.1, 0.15) is 15.7 Å². The van der Waals surface area contributed by atoms with Crippen molar-refractivity contribution < 1.29 is 23.4 Å². The van der Waals surface area contributed by atoms with Crippen LogP contribution in [-0.2, 0) is 22.9 Å². The highest BCUT2D eigenvalue weighted by Crippen LogP contribution is 2.34. The third-order valence-corrected chi connectivity index (χ3v) is 9.60. The summed E-state index contributed by atoms with van der Waals surface area (Å²) in [6.45, 7) is 6.22. The number of nitrogens with zero attached hydrogens (tertiary/aromatic N) is 4. The number of hydrogen-bond acceptors (Lipinski definition) is 10. The van der Waals surface area contributed by atoms with E-state index in [4.69, 9.17) is 16.3 Å². The van der Waals surface area contributed by atoms with E-state index in [1.807, 2.05) is 26.0 Å². The number of sulfonamides is 1. The van der Waals surface area contributed by atoms with Gasteiger partial charge in [0.15, 0.2) is 5.82 Å². The molecule has 42 heavy (non-hydrogen) atoms. The lowest BCUT2D eigenvalue weighted by molar-refractivity contribution is 0.0376. The van der Waals surface area contributed by atoms with E-state index in [1.165, 1.54) is 27.7 Å². The molecule has 11 nitrogen and oxygen atoms in total. The summed E-state index contributed by atoms with van der Waals surface area (Å²) in [5.41, 5.74) is 2.60. The van der Waals surface area contributed by atoms with E-state index >= 15 is 0 Å². The minimum atomic E-state index is -3.85. The van der Waals surface area contributed by atoms with Crippen LogP contribution >= 0.6 is 11.6 Å². The molecule has 0 radical (unpaired) electrons. The molecule has 0 unspecified atom stereocenters. The number of nitrogens with one attached hydrogen (secondary N) is 2. The Kier molecular flexibility index (Phi) is 8.93. The molecule has 2 aromatic carbocycles. The molecule has 4 N–H and O–H groups in total. The van der Waals surface area contributed by atoms with Crippen molar-refractivity contribution in [3.63, 3.8) is 0 Å². The van der Waals surface area contributed by atoms with E-state index in [0.717, 1.165) is 25.9 Å². The normalized spacial score (nSPS) is 18.4. The predicted octanol–water partition coefficient (Wildman–Crippen LogP) is 3.55. The van der Waals surface area contributed by atoms with Crippen LogP contribution in [0, 0.1) is 0 Å². The zero-order valence-corrected chi connectivity index (χ0v) is 25.5. The quantitative estimate of drug-likeness (QED) is 0.282. The van der Waals surface area contributed by atoms with E-state index in [-0.39, 0.29) is 34.8 Å². The smallest absolute Gasteiger partial charge is 0.245 e. The number of hydrogen-bond donors (Lipinski definition) is 4. The van der Waals surface area contributed by atoms with Crippen molar-refractivity contribution in [1.82, 2.24) is 19.2 Å². The fourth-order valence-corrected chi connectivity index (χ4v) is 7.18. The Morgan fingerprint density at radius 1 is 1.10 bits per heavy atom. The number of anilines is 4. The number of aromatic nitrogens is 2. The summed E-state index contributed by atoms with van der Waals surface area (Å²) in [7, 11) is -2.25. The first kappa shape index (κ1) is 30.5. The van der Waals surface area contributed by atoms with Gasteiger partial charge in [0, 0.05) is 32.7 Å². The van der Waals surface area contributed by atoms with Gasteiger partial charge in [0.2, 0.25) is 16.0 Å². The van der Waals surface area contributed by atoms with Crippen LogP contribution < -0.4 is 15.4 Å². The maximum absolute atomic E-state index is 13.4. The molecule has 1 saturated heterocycles. The first-order chi connectivity index (χ1) is 19.9. The molecule has 0 saturated carbocycles. The fraction of sp³-hybridized carbons (Fsp3) is 0.448. The topological polar surface area (TPSA) is 140 Å². The standard InChI is InChI=1S/C29H37ClN6O5S/c1-29(2,38)18-35-11-8-19-14-24(25(41-3)15-20(19)9-12-35)33-28-31-16-22(30)27(34-28)32-23-6-4-5-7-26(23)42(39,40)36-13-10-21(37)17-36/h4-7,14-16,21,37-38H,8-13,17-18H2,1-3H3,(H2,31,32,33,34)/t21-/m1/s1. The van der Waals surface area contributed by atoms with Gasteiger partial charge in [-0.1, -0.05) is 23.7 Å². The van der Waals surface area contributed by atoms with Gasteiger partial charge >= 0.3 is 0 Å². The Morgan fingerprint density at radius 2 is 1.81 bits per heavy atom. The number of halogens is 1. The van der Waals surface area contributed by atoms with Crippen LogP contribution in [0.2, 0.25) is 5.02 Å². The third-order valence-electron chi connectivity index (χ3n) is 7.40. The number of aliphatic hydroxyl groups is 2. The molecule has 1 atom stereocenters. The summed E-state index contributed by atoms with van der Waals surface area (Å²) >= 11 is 6.44. The molecule has 13 heteroatoms. The average Bonchev–Trinajstić information content (AvgIpc) is 3.30. The Balaban J connectivity index is 1.38. The highest BCUT2D eigenvalue weighted by Gasteiger charge is 2.33. The van der Waals surface area contributed by atoms with Crippen molar-refractivity contribution in [1.29, 1.82) is 0 Å². The second-order valence-corrected chi connectivity index (χ2v) is 13.7. The lowest BCUT2D eigenvalue weighted by Crippen LogP contribution is -2.39. The van der Waals surface area contributed by atoms with E-state index < -0.39 is 21.7 Å². The number of rotatable bonds is 9. The second-order valence-electron chi connectivity index (χ2n) is 11.4.